The Bertz CT molecular complexity index is 711. The van der Waals surface area contributed by atoms with Crippen LogP contribution in [0.4, 0.5) is 15.9 Å². The number of rotatable bonds is 2. The lowest BCUT2D eigenvalue weighted by Crippen LogP contribution is -1.96. The minimum absolute atomic E-state index is 0.283. The van der Waals surface area contributed by atoms with E-state index in [2.05, 4.69) is 25.5 Å². The summed E-state index contributed by atoms with van der Waals surface area (Å²) in [5.41, 5.74) is 1.19. The van der Waals surface area contributed by atoms with Crippen molar-refractivity contribution >= 4 is 34.1 Å². The third kappa shape index (κ3) is 1.86. The Morgan fingerprint density at radius 1 is 1.28 bits per heavy atom. The Kier molecular flexibility index (Phi) is 2.56. The topological polar surface area (TPSA) is 66.5 Å². The highest BCUT2D eigenvalue weighted by Gasteiger charge is 2.08. The molecule has 2 N–H and O–H groups in total. The molecule has 2 aromatic heterocycles. The van der Waals surface area contributed by atoms with Crippen molar-refractivity contribution in [1.29, 1.82) is 0 Å². The quantitative estimate of drug-likeness (QED) is 0.746. The zero-order valence-corrected chi connectivity index (χ0v) is 9.74. The summed E-state index contributed by atoms with van der Waals surface area (Å²) in [5, 5.41) is 10.7. The summed E-state index contributed by atoms with van der Waals surface area (Å²) in [7, 11) is 0. The number of hydrogen-bond acceptors (Lipinski definition) is 4. The molecule has 0 fully saturated rings. The number of halogens is 2. The maximum Gasteiger partial charge on any atom is 0.160 e. The third-order valence-corrected chi connectivity index (χ3v) is 2.74. The van der Waals surface area contributed by atoms with Gasteiger partial charge in [-0.05, 0) is 18.2 Å². The van der Waals surface area contributed by atoms with Crippen molar-refractivity contribution < 1.29 is 4.39 Å². The minimum Gasteiger partial charge on any atom is -0.338 e. The van der Waals surface area contributed by atoms with Crippen LogP contribution < -0.4 is 5.32 Å². The first-order chi connectivity index (χ1) is 8.74. The van der Waals surface area contributed by atoms with Crippen LogP contribution in [0.15, 0.2) is 30.7 Å². The average molecular weight is 264 g/mol. The second kappa shape index (κ2) is 4.23. The van der Waals surface area contributed by atoms with Crippen LogP contribution in [-0.4, -0.2) is 20.2 Å². The maximum atomic E-state index is 12.9. The molecule has 1 aromatic carbocycles. The average Bonchev–Trinajstić information content (AvgIpc) is 2.82. The van der Waals surface area contributed by atoms with Crippen LogP contribution in [0, 0.1) is 5.82 Å². The van der Waals surface area contributed by atoms with Crippen LogP contribution in [-0.2, 0) is 0 Å². The fourth-order valence-corrected chi connectivity index (χ4v) is 1.80. The van der Waals surface area contributed by atoms with Gasteiger partial charge in [-0.2, -0.15) is 5.10 Å². The molecule has 0 aliphatic rings. The fourth-order valence-electron chi connectivity index (χ4n) is 1.58. The fraction of sp³-hybridized carbons (Fsp3) is 0. The molecule has 90 valence electrons. The van der Waals surface area contributed by atoms with E-state index in [1.54, 1.807) is 12.3 Å². The van der Waals surface area contributed by atoms with Gasteiger partial charge in [0.25, 0.3) is 0 Å². The molecular formula is C11H7ClFN5. The highest BCUT2D eigenvalue weighted by Crippen LogP contribution is 2.27. The van der Waals surface area contributed by atoms with Gasteiger partial charge < -0.3 is 5.32 Å². The van der Waals surface area contributed by atoms with Gasteiger partial charge in [-0.25, -0.2) is 14.4 Å². The zero-order valence-electron chi connectivity index (χ0n) is 8.98. The number of nitrogens with zero attached hydrogens (tertiary/aromatic N) is 3. The molecule has 5 nitrogen and oxygen atoms in total. The number of benzene rings is 1. The second-order valence-corrected chi connectivity index (χ2v) is 4.01. The van der Waals surface area contributed by atoms with E-state index >= 15 is 0 Å². The summed E-state index contributed by atoms with van der Waals surface area (Å²) >= 11 is 5.94. The molecule has 18 heavy (non-hydrogen) atoms. The first-order valence-electron chi connectivity index (χ1n) is 5.10. The van der Waals surface area contributed by atoms with E-state index in [1.165, 1.54) is 18.5 Å². The minimum atomic E-state index is -0.387. The van der Waals surface area contributed by atoms with Crippen molar-refractivity contribution in [1.82, 2.24) is 20.2 Å². The van der Waals surface area contributed by atoms with Gasteiger partial charge in [0.05, 0.1) is 22.3 Å². The van der Waals surface area contributed by atoms with Gasteiger partial charge in [0.15, 0.2) is 5.65 Å². The van der Waals surface area contributed by atoms with Crippen LogP contribution in [0.2, 0.25) is 5.02 Å². The Morgan fingerprint density at radius 2 is 2.17 bits per heavy atom. The van der Waals surface area contributed by atoms with Crippen LogP contribution >= 0.6 is 11.6 Å². The van der Waals surface area contributed by atoms with E-state index in [9.17, 15) is 4.39 Å². The molecule has 0 aliphatic carbocycles. The van der Waals surface area contributed by atoms with Gasteiger partial charge in [-0.3, -0.25) is 5.10 Å². The largest absolute Gasteiger partial charge is 0.338 e. The van der Waals surface area contributed by atoms with E-state index in [-0.39, 0.29) is 10.8 Å². The number of nitrogens with one attached hydrogen (secondary N) is 2. The summed E-state index contributed by atoms with van der Waals surface area (Å²) in [5.74, 6) is 0.170. The van der Waals surface area contributed by atoms with Crippen molar-refractivity contribution in [2.45, 2.75) is 0 Å². The molecule has 0 spiro atoms. The zero-order chi connectivity index (χ0) is 12.5. The predicted molar refractivity (Wildman–Crippen MR) is 66.4 cm³/mol. The maximum absolute atomic E-state index is 12.9. The number of aromatic nitrogens is 4. The van der Waals surface area contributed by atoms with Gasteiger partial charge in [-0.1, -0.05) is 11.6 Å². The molecule has 0 unspecified atom stereocenters. The standard InChI is InChI=1S/C11H7ClFN5/c12-8-3-6(13)1-2-9(8)17-10-7-4-16-18-11(7)15-5-14-10/h1-5H,(H2,14,15,16,17,18). The van der Waals surface area contributed by atoms with Crippen molar-refractivity contribution in [3.05, 3.63) is 41.6 Å². The highest BCUT2D eigenvalue weighted by molar-refractivity contribution is 6.33. The number of aromatic amines is 1. The molecule has 0 saturated heterocycles. The summed E-state index contributed by atoms with van der Waals surface area (Å²) in [6.07, 6.45) is 3.01. The molecule has 3 aromatic rings. The van der Waals surface area contributed by atoms with E-state index in [4.69, 9.17) is 11.6 Å². The number of anilines is 2. The predicted octanol–water partition coefficient (Wildman–Crippen LogP) is 2.89. The lowest BCUT2D eigenvalue weighted by atomic mass is 10.3. The lowest BCUT2D eigenvalue weighted by molar-refractivity contribution is 0.628. The van der Waals surface area contributed by atoms with E-state index < -0.39 is 0 Å². The molecule has 0 amide bonds. The van der Waals surface area contributed by atoms with Crippen molar-refractivity contribution in [2.24, 2.45) is 0 Å². The number of H-pyrrole nitrogens is 1. The Hall–Kier alpha value is -2.21. The lowest BCUT2D eigenvalue weighted by Gasteiger charge is -2.07. The van der Waals surface area contributed by atoms with Gasteiger partial charge in [0.2, 0.25) is 0 Å². The molecule has 0 aliphatic heterocycles. The van der Waals surface area contributed by atoms with Crippen LogP contribution in [0.25, 0.3) is 11.0 Å². The Balaban J connectivity index is 2.03. The molecule has 0 radical (unpaired) electrons. The third-order valence-electron chi connectivity index (χ3n) is 2.43. The van der Waals surface area contributed by atoms with Crippen LogP contribution in [0.5, 0.6) is 0 Å². The van der Waals surface area contributed by atoms with Crippen molar-refractivity contribution in [3.8, 4) is 0 Å². The number of hydrogen-bond donors (Lipinski definition) is 2. The summed E-state index contributed by atoms with van der Waals surface area (Å²) in [6, 6.07) is 4.10. The van der Waals surface area contributed by atoms with Crippen molar-refractivity contribution in [2.75, 3.05) is 5.32 Å². The van der Waals surface area contributed by atoms with E-state index in [0.717, 1.165) is 5.39 Å². The molecule has 3 rings (SSSR count). The Labute approximate surface area is 106 Å². The molecular weight excluding hydrogens is 257 g/mol. The van der Waals surface area contributed by atoms with Gasteiger partial charge in [0.1, 0.15) is 18.0 Å². The van der Waals surface area contributed by atoms with Gasteiger partial charge in [0, 0.05) is 0 Å². The molecule has 7 heteroatoms. The molecule has 2 heterocycles. The molecule has 0 atom stereocenters. The van der Waals surface area contributed by atoms with Gasteiger partial charge >= 0.3 is 0 Å². The first kappa shape index (κ1) is 10.9. The molecule has 0 bridgehead atoms. The van der Waals surface area contributed by atoms with Crippen LogP contribution in [0.1, 0.15) is 0 Å². The smallest absolute Gasteiger partial charge is 0.160 e. The normalized spacial score (nSPS) is 10.8. The second-order valence-electron chi connectivity index (χ2n) is 3.60. The Morgan fingerprint density at radius 3 is 3.00 bits per heavy atom. The molecule has 0 saturated carbocycles. The number of fused-ring (bicyclic) bond motifs is 1. The monoisotopic (exact) mass is 263 g/mol. The first-order valence-corrected chi connectivity index (χ1v) is 5.48. The van der Waals surface area contributed by atoms with E-state index in [1.807, 2.05) is 0 Å². The van der Waals surface area contributed by atoms with Crippen molar-refractivity contribution in [3.63, 3.8) is 0 Å². The van der Waals surface area contributed by atoms with Gasteiger partial charge in [-0.15, -0.1) is 0 Å². The SMILES string of the molecule is Fc1ccc(Nc2ncnc3[nH]ncc23)c(Cl)c1. The summed E-state index contributed by atoms with van der Waals surface area (Å²) < 4.78 is 12.9. The highest BCUT2D eigenvalue weighted by atomic mass is 35.5. The van der Waals surface area contributed by atoms with E-state index in [0.29, 0.717) is 17.2 Å². The van der Waals surface area contributed by atoms with Crippen LogP contribution in [0.3, 0.4) is 0 Å². The summed E-state index contributed by atoms with van der Waals surface area (Å²) in [6.45, 7) is 0. The summed E-state index contributed by atoms with van der Waals surface area (Å²) in [4.78, 5) is 8.12.